The molecule has 0 aliphatic heterocycles. The zero-order valence-electron chi connectivity index (χ0n) is 20.6. The summed E-state index contributed by atoms with van der Waals surface area (Å²) in [4.78, 5) is 16.8. The number of halogens is 1. The highest BCUT2D eigenvalue weighted by Gasteiger charge is 2.09. The van der Waals surface area contributed by atoms with Crippen molar-refractivity contribution < 1.29 is 14.3 Å². The minimum absolute atomic E-state index is 0.322. The highest BCUT2D eigenvalue weighted by molar-refractivity contribution is 9.10. The number of aryl methyl sites for hydroxylation is 1. The van der Waals surface area contributed by atoms with Crippen LogP contribution in [0.3, 0.4) is 0 Å². The third-order valence-corrected chi connectivity index (χ3v) is 6.22. The van der Waals surface area contributed by atoms with Gasteiger partial charge in [-0.25, -0.2) is 0 Å². The standard InChI is InChI=1S/C32H28BrNO3/c1-2-26-11-7-4-8-12-27(31-18-15-29(33)20-34-31)19-28(21-35)32(26)37-23-25-13-16-30(17-14-25)36-22-24-9-5-3-6-10-24/h3-21H,2,22-23H2,1H3. The monoisotopic (exact) mass is 553 g/mol. The van der Waals surface area contributed by atoms with Gasteiger partial charge in [0.1, 0.15) is 24.7 Å². The van der Waals surface area contributed by atoms with Crippen molar-refractivity contribution in [3.8, 4) is 22.8 Å². The van der Waals surface area contributed by atoms with Gasteiger partial charge in [0.2, 0.25) is 0 Å². The predicted molar refractivity (Wildman–Crippen MR) is 151 cm³/mol. The minimum atomic E-state index is 0.322. The lowest BCUT2D eigenvalue weighted by molar-refractivity contribution is 0.111. The van der Waals surface area contributed by atoms with Crippen LogP contribution in [-0.4, -0.2) is 11.3 Å². The van der Waals surface area contributed by atoms with Gasteiger partial charge in [0, 0.05) is 16.2 Å². The van der Waals surface area contributed by atoms with Crippen LogP contribution in [0, 0.1) is 0 Å². The van der Waals surface area contributed by atoms with E-state index in [1.807, 2.05) is 110 Å². The molecule has 0 aliphatic rings. The van der Waals surface area contributed by atoms with Crippen molar-refractivity contribution in [2.24, 2.45) is 0 Å². The van der Waals surface area contributed by atoms with E-state index in [1.165, 1.54) is 0 Å². The number of benzene rings is 2. The van der Waals surface area contributed by atoms with Gasteiger partial charge in [-0.05, 0) is 69.4 Å². The summed E-state index contributed by atoms with van der Waals surface area (Å²) in [6, 6.07) is 33.3. The van der Waals surface area contributed by atoms with Gasteiger partial charge >= 0.3 is 0 Å². The van der Waals surface area contributed by atoms with Gasteiger partial charge in [0.05, 0.1) is 11.3 Å². The molecule has 0 amide bonds. The second kappa shape index (κ2) is 13.4. The summed E-state index contributed by atoms with van der Waals surface area (Å²) in [5.41, 5.74) is 5.09. The molecule has 0 unspecified atom stereocenters. The van der Waals surface area contributed by atoms with Gasteiger partial charge in [0.15, 0.2) is 6.29 Å². The number of carbonyl (C=O) groups excluding carboxylic acids is 1. The van der Waals surface area contributed by atoms with Gasteiger partial charge in [-0.15, -0.1) is 0 Å². The number of nitrogens with zero attached hydrogens (tertiary/aromatic N) is 1. The normalized spacial score (nSPS) is 10.3. The largest absolute Gasteiger partial charge is 0.489 e. The number of aldehydes is 1. The average Bonchev–Trinajstić information content (AvgIpc) is 2.94. The number of hydrogen-bond acceptors (Lipinski definition) is 4. The second-order valence-electron chi connectivity index (χ2n) is 8.36. The Hall–Kier alpha value is -3.96. The number of pyridine rings is 1. The summed E-state index contributed by atoms with van der Waals surface area (Å²) in [5.74, 6) is 1.36. The highest BCUT2D eigenvalue weighted by Crippen LogP contribution is 2.26. The molecular formula is C32H28BrNO3. The molecule has 1 aromatic heterocycles. The maximum atomic E-state index is 12.3. The van der Waals surface area contributed by atoms with Crippen LogP contribution < -0.4 is 9.47 Å². The zero-order valence-corrected chi connectivity index (χ0v) is 22.2. The number of ether oxygens (including phenoxy) is 2. The molecule has 0 atom stereocenters. The van der Waals surface area contributed by atoms with Gasteiger partial charge < -0.3 is 9.47 Å². The lowest BCUT2D eigenvalue weighted by Gasteiger charge is -2.13. The first-order valence-electron chi connectivity index (χ1n) is 12.1. The molecular weight excluding hydrogens is 526 g/mol. The van der Waals surface area contributed by atoms with Crippen LogP contribution in [0.2, 0.25) is 0 Å². The Morgan fingerprint density at radius 2 is 1.46 bits per heavy atom. The lowest BCUT2D eigenvalue weighted by atomic mass is 10.1. The first kappa shape index (κ1) is 26.1. The molecule has 5 heteroatoms. The van der Waals surface area contributed by atoms with Gasteiger partial charge in [0.25, 0.3) is 0 Å². The smallest absolute Gasteiger partial charge is 0.153 e. The Balaban J connectivity index is 1.59. The molecule has 0 saturated heterocycles. The van der Waals surface area contributed by atoms with Gasteiger partial charge in [-0.1, -0.05) is 79.7 Å². The number of aromatic nitrogens is 1. The summed E-state index contributed by atoms with van der Waals surface area (Å²) >= 11 is 3.43. The van der Waals surface area contributed by atoms with E-state index >= 15 is 0 Å². The molecule has 0 spiro atoms. The van der Waals surface area contributed by atoms with E-state index in [2.05, 4.69) is 20.9 Å². The SMILES string of the molecule is CCc1cccccc(-c2ccc(Br)cn2)cc(C=O)c1OCc1ccc(OCc2ccccc2)cc1. The van der Waals surface area contributed by atoms with E-state index in [0.29, 0.717) is 30.9 Å². The van der Waals surface area contributed by atoms with Crippen LogP contribution in [0.25, 0.3) is 11.3 Å². The van der Waals surface area contributed by atoms with E-state index in [-0.39, 0.29) is 0 Å². The molecule has 4 rings (SSSR count). The first-order chi connectivity index (χ1) is 18.2. The van der Waals surface area contributed by atoms with E-state index in [9.17, 15) is 4.79 Å². The van der Waals surface area contributed by atoms with Crippen LogP contribution in [0.1, 0.15) is 34.0 Å². The minimum Gasteiger partial charge on any atom is -0.489 e. The molecule has 37 heavy (non-hydrogen) atoms. The molecule has 0 radical (unpaired) electrons. The molecule has 186 valence electrons. The molecule has 4 nitrogen and oxygen atoms in total. The Morgan fingerprint density at radius 1 is 0.784 bits per heavy atom. The first-order valence-corrected chi connectivity index (χ1v) is 12.9. The lowest BCUT2D eigenvalue weighted by Crippen LogP contribution is -2.01. The molecule has 3 aromatic carbocycles. The quantitative estimate of drug-likeness (QED) is 0.196. The molecule has 0 N–H and O–H groups in total. The summed E-state index contributed by atoms with van der Waals surface area (Å²) < 4.78 is 13.1. The zero-order chi connectivity index (χ0) is 25.9. The van der Waals surface area contributed by atoms with Crippen molar-refractivity contribution in [3.05, 3.63) is 136 Å². The Kier molecular flexibility index (Phi) is 9.44. The van der Waals surface area contributed by atoms with Crippen LogP contribution in [-0.2, 0) is 19.6 Å². The van der Waals surface area contributed by atoms with Gasteiger partial charge in [-0.2, -0.15) is 0 Å². The molecule has 1 heterocycles. The Morgan fingerprint density at radius 3 is 2.14 bits per heavy atom. The van der Waals surface area contributed by atoms with E-state index in [0.717, 1.165) is 44.5 Å². The van der Waals surface area contributed by atoms with Crippen molar-refractivity contribution in [2.75, 3.05) is 0 Å². The Bertz CT molecular complexity index is 1370. The fourth-order valence-electron chi connectivity index (χ4n) is 3.76. The van der Waals surface area contributed by atoms with Gasteiger partial charge in [-0.3, -0.25) is 9.78 Å². The highest BCUT2D eigenvalue weighted by atomic mass is 79.9. The summed E-state index contributed by atoms with van der Waals surface area (Å²) in [5, 5.41) is 0. The number of hydrogen-bond donors (Lipinski definition) is 0. The number of carbonyl (C=O) groups is 1. The van der Waals surface area contributed by atoms with E-state index in [1.54, 1.807) is 6.20 Å². The number of rotatable bonds is 9. The van der Waals surface area contributed by atoms with Crippen LogP contribution in [0.5, 0.6) is 11.5 Å². The average molecular weight is 554 g/mol. The van der Waals surface area contributed by atoms with Crippen molar-refractivity contribution in [2.45, 2.75) is 26.6 Å². The summed E-state index contributed by atoms with van der Waals surface area (Å²) in [6.07, 6.45) is 3.30. The third kappa shape index (κ3) is 7.51. The maximum absolute atomic E-state index is 12.3. The molecule has 0 aliphatic carbocycles. The van der Waals surface area contributed by atoms with E-state index < -0.39 is 0 Å². The predicted octanol–water partition coefficient (Wildman–Crippen LogP) is 8.17. The summed E-state index contributed by atoms with van der Waals surface area (Å²) in [7, 11) is 0. The maximum Gasteiger partial charge on any atom is 0.153 e. The molecule has 0 saturated carbocycles. The van der Waals surface area contributed by atoms with E-state index in [4.69, 9.17) is 9.47 Å². The second-order valence-corrected chi connectivity index (χ2v) is 9.28. The molecule has 4 aromatic rings. The fourth-order valence-corrected chi connectivity index (χ4v) is 4.00. The van der Waals surface area contributed by atoms with Crippen molar-refractivity contribution in [3.63, 3.8) is 0 Å². The van der Waals surface area contributed by atoms with Crippen LogP contribution in [0.4, 0.5) is 0 Å². The summed E-state index contributed by atoms with van der Waals surface area (Å²) in [6.45, 7) is 2.88. The third-order valence-electron chi connectivity index (χ3n) is 5.75. The van der Waals surface area contributed by atoms with Crippen molar-refractivity contribution in [1.29, 1.82) is 0 Å². The van der Waals surface area contributed by atoms with Crippen LogP contribution in [0.15, 0.2) is 114 Å². The Labute approximate surface area is 226 Å². The molecule has 0 fully saturated rings. The molecule has 0 bridgehead atoms. The topological polar surface area (TPSA) is 48.4 Å². The van der Waals surface area contributed by atoms with Crippen molar-refractivity contribution in [1.82, 2.24) is 4.98 Å². The fraction of sp³-hybridized carbons (Fsp3) is 0.125. The van der Waals surface area contributed by atoms with Crippen molar-refractivity contribution >= 4 is 22.2 Å². The van der Waals surface area contributed by atoms with Crippen LogP contribution >= 0.6 is 15.9 Å².